The first-order valence-corrected chi connectivity index (χ1v) is 14.9. The number of carbonyl (C=O) groups excluding carboxylic acids is 1. The Bertz CT molecular complexity index is 1640. The fourth-order valence-corrected chi connectivity index (χ4v) is 4.81. The summed E-state index contributed by atoms with van der Waals surface area (Å²) in [5.74, 6) is 1.26. The molecule has 2 aromatic carbocycles. The van der Waals surface area contributed by atoms with Crippen LogP contribution >= 0.6 is 0 Å². The molecule has 4 rings (SSSR count). The minimum Gasteiger partial charge on any atom is -0.484 e. The van der Waals surface area contributed by atoms with Crippen molar-refractivity contribution in [1.82, 2.24) is 15.2 Å². The molecule has 1 aromatic heterocycles. The third-order valence-corrected chi connectivity index (χ3v) is 7.58. The van der Waals surface area contributed by atoms with E-state index in [-0.39, 0.29) is 29.1 Å². The number of urea groups is 1. The van der Waals surface area contributed by atoms with E-state index in [4.69, 9.17) is 21.3 Å². The SMILES string of the molecule is Cc1ccc(N=C(/C=C(\N)C(C)(C)C)NC(=O)NC2CCC(Oc3ccc(=N)n(C(=N)C(C)(C)C)c3)c3ccccc32)cc1. The van der Waals surface area contributed by atoms with Crippen LogP contribution in [0.1, 0.15) is 83.2 Å². The van der Waals surface area contributed by atoms with Crippen molar-refractivity contribution in [3.63, 3.8) is 0 Å². The van der Waals surface area contributed by atoms with E-state index in [1.165, 1.54) is 0 Å². The Hall–Kier alpha value is -4.66. The molecule has 0 bridgehead atoms. The van der Waals surface area contributed by atoms with Gasteiger partial charge in [0, 0.05) is 22.6 Å². The lowest BCUT2D eigenvalue weighted by Gasteiger charge is -2.32. The minimum absolute atomic E-state index is 0.223. The maximum atomic E-state index is 13.3. The molecule has 3 aromatic rings. The second kappa shape index (κ2) is 12.9. The van der Waals surface area contributed by atoms with Gasteiger partial charge in [0.25, 0.3) is 0 Å². The number of carbonyl (C=O) groups is 1. The van der Waals surface area contributed by atoms with E-state index in [0.717, 1.165) is 16.7 Å². The molecule has 9 nitrogen and oxygen atoms in total. The topological polar surface area (TPSA) is 141 Å². The maximum Gasteiger partial charge on any atom is 0.320 e. The first kappa shape index (κ1) is 32.3. The van der Waals surface area contributed by atoms with E-state index in [1.54, 1.807) is 29.0 Å². The van der Waals surface area contributed by atoms with Gasteiger partial charge in [0.05, 0.1) is 17.9 Å². The third kappa shape index (κ3) is 8.03. The molecule has 44 heavy (non-hydrogen) atoms. The Morgan fingerprint density at radius 3 is 2.27 bits per heavy atom. The van der Waals surface area contributed by atoms with Crippen LogP contribution in [0.3, 0.4) is 0 Å². The van der Waals surface area contributed by atoms with E-state index in [0.29, 0.717) is 41.6 Å². The summed E-state index contributed by atoms with van der Waals surface area (Å²) in [6.07, 6.45) is 4.51. The van der Waals surface area contributed by atoms with Crippen molar-refractivity contribution in [2.75, 3.05) is 0 Å². The van der Waals surface area contributed by atoms with Gasteiger partial charge in [0.15, 0.2) is 0 Å². The van der Waals surface area contributed by atoms with Gasteiger partial charge in [-0.05, 0) is 55.2 Å². The van der Waals surface area contributed by atoms with Crippen LogP contribution in [0.2, 0.25) is 0 Å². The lowest BCUT2D eigenvalue weighted by molar-refractivity contribution is 0.171. The van der Waals surface area contributed by atoms with Crippen LogP contribution in [0.4, 0.5) is 10.5 Å². The van der Waals surface area contributed by atoms with E-state index in [9.17, 15) is 4.79 Å². The number of benzene rings is 2. The molecule has 2 unspecified atom stereocenters. The van der Waals surface area contributed by atoms with E-state index < -0.39 is 5.41 Å². The molecule has 1 aliphatic rings. The normalized spacial score (nSPS) is 17.4. The zero-order chi connectivity index (χ0) is 32.2. The summed E-state index contributed by atoms with van der Waals surface area (Å²) < 4.78 is 7.99. The number of aliphatic imine (C=N–C) groups is 1. The highest BCUT2D eigenvalue weighted by atomic mass is 16.5. The fourth-order valence-electron chi connectivity index (χ4n) is 4.81. The van der Waals surface area contributed by atoms with Crippen molar-refractivity contribution in [1.29, 1.82) is 10.8 Å². The zero-order valence-corrected chi connectivity index (χ0v) is 26.8. The molecular weight excluding hydrogens is 550 g/mol. The first-order valence-electron chi connectivity index (χ1n) is 14.9. The second-order valence-electron chi connectivity index (χ2n) is 13.4. The average molecular weight is 596 g/mol. The Labute approximate surface area is 260 Å². The quantitative estimate of drug-likeness (QED) is 0.160. The number of pyridine rings is 1. The summed E-state index contributed by atoms with van der Waals surface area (Å²) in [7, 11) is 0. The van der Waals surface area contributed by atoms with Crippen molar-refractivity contribution >= 4 is 23.4 Å². The largest absolute Gasteiger partial charge is 0.484 e. The molecule has 0 spiro atoms. The zero-order valence-electron chi connectivity index (χ0n) is 26.8. The van der Waals surface area contributed by atoms with Gasteiger partial charge in [-0.1, -0.05) is 83.5 Å². The number of ether oxygens (including phenoxy) is 1. The number of aryl methyl sites for hydroxylation is 1. The molecule has 0 saturated carbocycles. The Morgan fingerprint density at radius 1 is 0.977 bits per heavy atom. The number of allylic oxidation sites excluding steroid dienone is 1. The predicted molar refractivity (Wildman–Crippen MR) is 176 cm³/mol. The predicted octanol–water partition coefficient (Wildman–Crippen LogP) is 7.02. The second-order valence-corrected chi connectivity index (χ2v) is 13.4. The Morgan fingerprint density at radius 2 is 1.64 bits per heavy atom. The summed E-state index contributed by atoms with van der Waals surface area (Å²) in [5.41, 5.74) is 10.3. The molecule has 6 N–H and O–H groups in total. The summed E-state index contributed by atoms with van der Waals surface area (Å²) in [4.78, 5) is 18.0. The Balaban J connectivity index is 1.54. The number of aromatic nitrogens is 1. The van der Waals surface area contributed by atoms with Gasteiger partial charge in [0.2, 0.25) is 0 Å². The van der Waals surface area contributed by atoms with Crippen LogP contribution < -0.4 is 26.6 Å². The number of hydrogen-bond acceptors (Lipinski definition) is 6. The molecule has 2 atom stereocenters. The number of nitrogens with zero attached hydrogens (tertiary/aromatic N) is 2. The van der Waals surface area contributed by atoms with Crippen molar-refractivity contribution in [2.24, 2.45) is 21.6 Å². The van der Waals surface area contributed by atoms with Crippen LogP contribution in [0.15, 0.2) is 83.6 Å². The van der Waals surface area contributed by atoms with Crippen LogP contribution in [-0.2, 0) is 0 Å². The molecule has 0 fully saturated rings. The van der Waals surface area contributed by atoms with Crippen LogP contribution in [0.5, 0.6) is 5.75 Å². The minimum atomic E-state index is -0.422. The van der Waals surface area contributed by atoms with Gasteiger partial charge in [-0.25, -0.2) is 9.79 Å². The number of amidine groups is 1. The number of rotatable bonds is 5. The number of fused-ring (bicyclic) bond motifs is 1. The lowest BCUT2D eigenvalue weighted by atomic mass is 9.85. The first-order chi connectivity index (χ1) is 20.6. The third-order valence-electron chi connectivity index (χ3n) is 7.58. The number of nitrogens with two attached hydrogens (primary N) is 1. The number of nitrogens with one attached hydrogen (secondary N) is 4. The molecule has 0 radical (unpaired) electrons. The summed E-state index contributed by atoms with van der Waals surface area (Å²) in [5, 5.41) is 22.9. The smallest absolute Gasteiger partial charge is 0.320 e. The standard InChI is InChI=1S/C35H45N7O2/c1-22-12-14-23(15-13-22)39-31(20-29(36)34(2,3)4)41-33(43)40-27-17-18-28(26-11-9-8-10-25(26)27)44-24-16-19-30(37)42(21-24)32(38)35(5,6)7/h8-16,19-21,27-28,37-38H,17-18,36H2,1-7H3,(H2,39,40,41,43)/b29-20-,37-30?,38-32?. The van der Waals surface area contributed by atoms with Crippen molar-refractivity contribution in [2.45, 2.75) is 73.5 Å². The van der Waals surface area contributed by atoms with Crippen molar-refractivity contribution in [3.8, 4) is 5.75 Å². The molecule has 0 saturated heterocycles. The summed E-state index contributed by atoms with van der Waals surface area (Å²) in [6.45, 7) is 13.9. The van der Waals surface area contributed by atoms with Crippen LogP contribution in [0, 0.1) is 28.6 Å². The van der Waals surface area contributed by atoms with Crippen LogP contribution in [0.25, 0.3) is 0 Å². The average Bonchev–Trinajstić information content (AvgIpc) is 2.95. The number of amides is 2. The summed E-state index contributed by atoms with van der Waals surface area (Å²) in [6, 6.07) is 18.5. The molecule has 232 valence electrons. The monoisotopic (exact) mass is 595 g/mol. The van der Waals surface area contributed by atoms with E-state index in [1.807, 2.05) is 97.0 Å². The molecule has 9 heteroatoms. The highest BCUT2D eigenvalue weighted by Crippen LogP contribution is 2.38. The highest BCUT2D eigenvalue weighted by Gasteiger charge is 2.30. The van der Waals surface area contributed by atoms with Gasteiger partial charge in [-0.3, -0.25) is 20.7 Å². The van der Waals surface area contributed by atoms with Gasteiger partial charge >= 0.3 is 6.03 Å². The molecule has 2 amide bonds. The van der Waals surface area contributed by atoms with E-state index in [2.05, 4.69) is 15.6 Å². The number of hydrogen-bond donors (Lipinski definition) is 5. The van der Waals surface area contributed by atoms with Gasteiger partial charge in [-0.2, -0.15) is 0 Å². The fraction of sp³-hybridized carbons (Fsp3) is 0.371. The van der Waals surface area contributed by atoms with Crippen molar-refractivity contribution < 1.29 is 9.53 Å². The van der Waals surface area contributed by atoms with Crippen molar-refractivity contribution in [3.05, 3.63) is 101 Å². The van der Waals surface area contributed by atoms with E-state index >= 15 is 0 Å². The lowest BCUT2D eigenvalue weighted by Crippen LogP contribution is -2.42. The Kier molecular flexibility index (Phi) is 9.47. The van der Waals surface area contributed by atoms with Crippen LogP contribution in [-0.4, -0.2) is 22.3 Å². The van der Waals surface area contributed by atoms with Gasteiger partial charge < -0.3 is 15.8 Å². The summed E-state index contributed by atoms with van der Waals surface area (Å²) >= 11 is 0. The maximum absolute atomic E-state index is 13.3. The molecule has 1 aliphatic carbocycles. The van der Waals surface area contributed by atoms with Gasteiger partial charge in [0.1, 0.15) is 29.0 Å². The highest BCUT2D eigenvalue weighted by molar-refractivity contribution is 6.05. The molecule has 0 aliphatic heterocycles. The molecular formula is C35H45N7O2. The molecule has 1 heterocycles. The van der Waals surface area contributed by atoms with Gasteiger partial charge in [-0.15, -0.1) is 0 Å².